The van der Waals surface area contributed by atoms with E-state index in [1.165, 1.54) is 26.7 Å². The summed E-state index contributed by atoms with van der Waals surface area (Å²) >= 11 is 1.40. The van der Waals surface area contributed by atoms with E-state index in [1.807, 2.05) is 30.3 Å². The molecule has 0 saturated carbocycles. The molecule has 0 bridgehead atoms. The predicted octanol–water partition coefficient (Wildman–Crippen LogP) is 1.99. The van der Waals surface area contributed by atoms with Crippen LogP contribution in [0.2, 0.25) is 0 Å². The van der Waals surface area contributed by atoms with Gasteiger partial charge in [-0.3, -0.25) is 14.2 Å². The number of hydrogen-bond acceptors (Lipinski definition) is 7. The highest BCUT2D eigenvalue weighted by Crippen LogP contribution is 2.24. The third kappa shape index (κ3) is 4.07. The zero-order valence-electron chi connectivity index (χ0n) is 17.2. The number of thiazole rings is 1. The van der Waals surface area contributed by atoms with Gasteiger partial charge in [0.05, 0.1) is 24.0 Å². The van der Waals surface area contributed by atoms with Gasteiger partial charge in [0, 0.05) is 10.9 Å². The van der Waals surface area contributed by atoms with E-state index >= 15 is 0 Å². The standard InChI is InChI=1S/C22H22N6O3S/c29-19(17-12-32-20(26-17)15-4-2-1-3-5-15)25-16-10-18-21(30)27(14-24-28(18)11-16)13-22(31)6-8-23-9-7-22/h1-5,10-12,14,23,31H,6-9,13H2,(H,25,29). The molecule has 1 aliphatic rings. The van der Waals surface area contributed by atoms with Crippen molar-refractivity contribution in [2.45, 2.75) is 25.0 Å². The van der Waals surface area contributed by atoms with Crippen molar-refractivity contribution in [1.29, 1.82) is 0 Å². The van der Waals surface area contributed by atoms with Crippen LogP contribution >= 0.6 is 11.3 Å². The van der Waals surface area contributed by atoms with Gasteiger partial charge in [-0.15, -0.1) is 11.3 Å². The zero-order valence-corrected chi connectivity index (χ0v) is 18.0. The van der Waals surface area contributed by atoms with E-state index in [9.17, 15) is 14.7 Å². The summed E-state index contributed by atoms with van der Waals surface area (Å²) < 4.78 is 2.86. The van der Waals surface area contributed by atoms with Crippen LogP contribution in [0.3, 0.4) is 0 Å². The topological polar surface area (TPSA) is 114 Å². The number of rotatable bonds is 5. The molecule has 0 unspecified atom stereocenters. The van der Waals surface area contributed by atoms with E-state index in [4.69, 9.17) is 0 Å². The Bertz CT molecular complexity index is 1320. The molecular formula is C22H22N6O3S. The SMILES string of the molecule is O=C(Nc1cc2c(=O)n(CC3(O)CCNCC3)cnn2c1)c1csc(-c2ccccc2)n1. The quantitative estimate of drug-likeness (QED) is 0.429. The summed E-state index contributed by atoms with van der Waals surface area (Å²) in [7, 11) is 0. The van der Waals surface area contributed by atoms with Crippen LogP contribution in [0, 0.1) is 0 Å². The van der Waals surface area contributed by atoms with Gasteiger partial charge in [0.1, 0.15) is 22.5 Å². The molecule has 0 radical (unpaired) electrons. The second-order valence-corrected chi connectivity index (χ2v) is 8.81. The number of anilines is 1. The third-order valence-electron chi connectivity index (χ3n) is 5.61. The van der Waals surface area contributed by atoms with Gasteiger partial charge in [-0.1, -0.05) is 30.3 Å². The lowest BCUT2D eigenvalue weighted by Gasteiger charge is -2.32. The fourth-order valence-electron chi connectivity index (χ4n) is 3.86. The maximum Gasteiger partial charge on any atom is 0.277 e. The predicted molar refractivity (Wildman–Crippen MR) is 122 cm³/mol. The van der Waals surface area contributed by atoms with Crippen molar-refractivity contribution in [2.75, 3.05) is 18.4 Å². The fourth-order valence-corrected chi connectivity index (χ4v) is 4.67. The van der Waals surface area contributed by atoms with Crippen molar-refractivity contribution in [3.63, 3.8) is 0 Å². The smallest absolute Gasteiger partial charge is 0.277 e. The van der Waals surface area contributed by atoms with Gasteiger partial charge in [0.2, 0.25) is 0 Å². The Labute approximate surface area is 187 Å². The highest BCUT2D eigenvalue weighted by atomic mass is 32.1. The summed E-state index contributed by atoms with van der Waals surface area (Å²) in [6.45, 7) is 1.61. The van der Waals surface area contributed by atoms with Crippen molar-refractivity contribution >= 4 is 28.4 Å². The van der Waals surface area contributed by atoms with Gasteiger partial charge in [-0.25, -0.2) is 9.50 Å². The van der Waals surface area contributed by atoms with E-state index in [1.54, 1.807) is 17.6 Å². The van der Waals surface area contributed by atoms with Crippen LogP contribution in [0.25, 0.3) is 16.1 Å². The fraction of sp³-hybridized carbons (Fsp3) is 0.273. The second kappa shape index (κ2) is 8.30. The Kier molecular flexibility index (Phi) is 5.33. The number of hydrogen-bond donors (Lipinski definition) is 3. The zero-order chi connectivity index (χ0) is 22.1. The van der Waals surface area contributed by atoms with E-state index in [0.29, 0.717) is 42.8 Å². The molecule has 0 spiro atoms. The molecule has 1 aliphatic heterocycles. The van der Waals surface area contributed by atoms with Crippen LogP contribution in [0.4, 0.5) is 5.69 Å². The number of carbonyl (C=O) groups is 1. The summed E-state index contributed by atoms with van der Waals surface area (Å²) in [5, 5.41) is 23.5. The van der Waals surface area contributed by atoms with Crippen LogP contribution in [0.15, 0.2) is 59.1 Å². The Morgan fingerprint density at radius 2 is 2.03 bits per heavy atom. The first-order valence-corrected chi connectivity index (χ1v) is 11.2. The molecular weight excluding hydrogens is 428 g/mol. The number of fused-ring (bicyclic) bond motifs is 1. The molecule has 1 aromatic carbocycles. The van der Waals surface area contributed by atoms with Crippen molar-refractivity contribution in [2.24, 2.45) is 0 Å². The summed E-state index contributed by atoms with van der Waals surface area (Å²) in [5.74, 6) is -0.358. The average Bonchev–Trinajstić information content (AvgIpc) is 3.45. The first kappa shape index (κ1) is 20.6. The van der Waals surface area contributed by atoms with Gasteiger partial charge < -0.3 is 15.7 Å². The number of nitrogens with zero attached hydrogens (tertiary/aromatic N) is 4. The molecule has 164 valence electrons. The van der Waals surface area contributed by atoms with E-state index in [0.717, 1.165) is 10.6 Å². The highest BCUT2D eigenvalue weighted by molar-refractivity contribution is 7.13. The van der Waals surface area contributed by atoms with Gasteiger partial charge in [-0.2, -0.15) is 5.10 Å². The van der Waals surface area contributed by atoms with E-state index < -0.39 is 5.60 Å². The van der Waals surface area contributed by atoms with Gasteiger partial charge in [0.25, 0.3) is 11.5 Å². The molecule has 4 heterocycles. The maximum atomic E-state index is 12.9. The number of aliphatic hydroxyl groups is 1. The minimum Gasteiger partial charge on any atom is -0.388 e. The molecule has 1 amide bonds. The lowest BCUT2D eigenvalue weighted by Crippen LogP contribution is -2.46. The Balaban J connectivity index is 1.35. The summed E-state index contributed by atoms with van der Waals surface area (Å²) in [5.41, 5.74) is 0.831. The van der Waals surface area contributed by atoms with E-state index in [2.05, 4.69) is 20.7 Å². The Morgan fingerprint density at radius 1 is 1.25 bits per heavy atom. The number of benzene rings is 1. The summed E-state index contributed by atoms with van der Waals surface area (Å²) in [6.07, 6.45) is 4.16. The molecule has 5 rings (SSSR count). The maximum absolute atomic E-state index is 12.9. The van der Waals surface area contributed by atoms with E-state index in [-0.39, 0.29) is 18.0 Å². The molecule has 10 heteroatoms. The van der Waals surface area contributed by atoms with Crippen LogP contribution in [0.1, 0.15) is 23.3 Å². The Hall–Kier alpha value is -3.34. The van der Waals surface area contributed by atoms with Crippen molar-refractivity contribution in [1.82, 2.24) is 24.5 Å². The molecule has 9 nitrogen and oxygen atoms in total. The van der Waals surface area contributed by atoms with Crippen molar-refractivity contribution in [3.8, 4) is 10.6 Å². The highest BCUT2D eigenvalue weighted by Gasteiger charge is 2.30. The van der Waals surface area contributed by atoms with Crippen LogP contribution in [-0.2, 0) is 6.54 Å². The number of aromatic nitrogens is 4. The van der Waals surface area contributed by atoms with Gasteiger partial charge >= 0.3 is 0 Å². The number of piperidine rings is 1. The molecule has 3 N–H and O–H groups in total. The summed E-state index contributed by atoms with van der Waals surface area (Å²) in [4.78, 5) is 30.0. The number of nitrogens with one attached hydrogen (secondary N) is 2. The average molecular weight is 451 g/mol. The molecule has 1 saturated heterocycles. The first-order valence-electron chi connectivity index (χ1n) is 10.3. The van der Waals surface area contributed by atoms with Crippen LogP contribution < -0.4 is 16.2 Å². The molecule has 3 aromatic heterocycles. The monoisotopic (exact) mass is 450 g/mol. The minimum absolute atomic E-state index is 0.185. The minimum atomic E-state index is -0.931. The lowest BCUT2D eigenvalue weighted by molar-refractivity contribution is -0.00642. The van der Waals surface area contributed by atoms with Gasteiger partial charge in [-0.05, 0) is 32.0 Å². The second-order valence-electron chi connectivity index (χ2n) is 7.95. The van der Waals surface area contributed by atoms with Crippen LogP contribution in [-0.4, -0.2) is 48.9 Å². The van der Waals surface area contributed by atoms with Crippen molar-refractivity contribution in [3.05, 3.63) is 70.4 Å². The molecule has 32 heavy (non-hydrogen) atoms. The molecule has 0 aliphatic carbocycles. The third-order valence-corrected chi connectivity index (χ3v) is 6.50. The molecule has 4 aromatic rings. The lowest BCUT2D eigenvalue weighted by atomic mass is 9.92. The largest absolute Gasteiger partial charge is 0.388 e. The first-order chi connectivity index (χ1) is 15.5. The van der Waals surface area contributed by atoms with Gasteiger partial charge in [0.15, 0.2) is 0 Å². The summed E-state index contributed by atoms with van der Waals surface area (Å²) in [6, 6.07) is 11.2. The number of carbonyl (C=O) groups excluding carboxylic acids is 1. The van der Waals surface area contributed by atoms with Crippen molar-refractivity contribution < 1.29 is 9.90 Å². The molecule has 1 fully saturated rings. The normalized spacial score (nSPS) is 15.7. The Morgan fingerprint density at radius 3 is 2.81 bits per heavy atom. The molecule has 0 atom stereocenters. The van der Waals surface area contributed by atoms with Crippen LogP contribution in [0.5, 0.6) is 0 Å². The number of amides is 1.